The van der Waals surface area contributed by atoms with Gasteiger partial charge >= 0.3 is 0 Å². The third-order valence-corrected chi connectivity index (χ3v) is 4.68. The number of hydrazone groups is 1. The van der Waals surface area contributed by atoms with Crippen molar-refractivity contribution in [3.63, 3.8) is 0 Å². The Balaban J connectivity index is 1.60. The van der Waals surface area contributed by atoms with Crippen LogP contribution in [0.1, 0.15) is 11.1 Å². The van der Waals surface area contributed by atoms with E-state index in [1.165, 1.54) is 27.1 Å². The van der Waals surface area contributed by atoms with Gasteiger partial charge in [0.1, 0.15) is 0 Å². The van der Waals surface area contributed by atoms with Gasteiger partial charge in [-0.05, 0) is 58.9 Å². The number of thiocarbonyl (C=S) groups is 1. The molecular formula is C23H19N3S. The summed E-state index contributed by atoms with van der Waals surface area (Å²) in [5, 5.41) is 12.7. The first-order valence-corrected chi connectivity index (χ1v) is 9.19. The predicted octanol–water partition coefficient (Wildman–Crippen LogP) is 5.62. The van der Waals surface area contributed by atoms with Crippen LogP contribution in [0.15, 0.2) is 84.0 Å². The SMILES string of the molecule is Cc1ccc(NC(=S)N/N=C\c2c3ccccc3cc3ccccc23)cc1. The Morgan fingerprint density at radius 1 is 0.852 bits per heavy atom. The molecule has 0 bridgehead atoms. The first-order valence-electron chi connectivity index (χ1n) is 8.78. The fourth-order valence-corrected chi connectivity index (χ4v) is 3.31. The van der Waals surface area contributed by atoms with Crippen molar-refractivity contribution in [3.8, 4) is 0 Å². The first-order chi connectivity index (χ1) is 13.2. The normalized spacial score (nSPS) is 11.1. The maximum absolute atomic E-state index is 5.34. The summed E-state index contributed by atoms with van der Waals surface area (Å²) < 4.78 is 0. The van der Waals surface area contributed by atoms with Gasteiger partial charge in [0.15, 0.2) is 5.11 Å². The summed E-state index contributed by atoms with van der Waals surface area (Å²) in [5.74, 6) is 0. The smallest absolute Gasteiger partial charge is 0.191 e. The minimum absolute atomic E-state index is 0.458. The lowest BCUT2D eigenvalue weighted by atomic mass is 9.97. The Hall–Kier alpha value is -3.24. The molecule has 0 heterocycles. The molecule has 4 aromatic rings. The minimum atomic E-state index is 0.458. The number of hydrogen-bond donors (Lipinski definition) is 2. The maximum Gasteiger partial charge on any atom is 0.191 e. The van der Waals surface area contributed by atoms with E-state index >= 15 is 0 Å². The van der Waals surface area contributed by atoms with E-state index in [-0.39, 0.29) is 0 Å². The van der Waals surface area contributed by atoms with Gasteiger partial charge in [0.2, 0.25) is 0 Å². The van der Waals surface area contributed by atoms with E-state index in [2.05, 4.69) is 65.2 Å². The van der Waals surface area contributed by atoms with Crippen molar-refractivity contribution in [2.45, 2.75) is 6.92 Å². The highest BCUT2D eigenvalue weighted by Gasteiger charge is 2.05. The molecule has 27 heavy (non-hydrogen) atoms. The first kappa shape index (κ1) is 17.2. The van der Waals surface area contributed by atoms with Crippen LogP contribution in [-0.2, 0) is 0 Å². The minimum Gasteiger partial charge on any atom is -0.331 e. The molecule has 2 N–H and O–H groups in total. The summed E-state index contributed by atoms with van der Waals surface area (Å²) in [6.45, 7) is 2.05. The van der Waals surface area contributed by atoms with E-state index in [9.17, 15) is 0 Å². The van der Waals surface area contributed by atoms with Gasteiger partial charge in [-0.25, -0.2) is 0 Å². The van der Waals surface area contributed by atoms with Gasteiger partial charge in [-0.1, -0.05) is 66.2 Å². The van der Waals surface area contributed by atoms with Crippen molar-refractivity contribution in [1.29, 1.82) is 0 Å². The maximum atomic E-state index is 5.34. The fourth-order valence-electron chi connectivity index (χ4n) is 3.14. The van der Waals surface area contributed by atoms with E-state index in [4.69, 9.17) is 12.2 Å². The van der Waals surface area contributed by atoms with Crippen molar-refractivity contribution in [2.75, 3.05) is 5.32 Å². The number of fused-ring (bicyclic) bond motifs is 2. The second kappa shape index (κ2) is 7.56. The van der Waals surface area contributed by atoms with Gasteiger partial charge in [-0.15, -0.1) is 0 Å². The third kappa shape index (κ3) is 3.81. The van der Waals surface area contributed by atoms with Crippen LogP contribution in [0.2, 0.25) is 0 Å². The Labute approximate surface area is 163 Å². The zero-order chi connectivity index (χ0) is 18.6. The van der Waals surface area contributed by atoms with E-state index in [0.29, 0.717) is 5.11 Å². The molecule has 132 valence electrons. The van der Waals surface area contributed by atoms with Crippen LogP contribution in [0.5, 0.6) is 0 Å². The predicted molar refractivity (Wildman–Crippen MR) is 120 cm³/mol. The highest BCUT2D eigenvalue weighted by Crippen LogP contribution is 2.27. The molecule has 4 heteroatoms. The van der Waals surface area contributed by atoms with E-state index < -0.39 is 0 Å². The Bertz CT molecular complexity index is 1090. The number of anilines is 1. The monoisotopic (exact) mass is 369 g/mol. The van der Waals surface area contributed by atoms with Gasteiger partial charge < -0.3 is 5.32 Å². The topological polar surface area (TPSA) is 36.4 Å². The zero-order valence-electron chi connectivity index (χ0n) is 14.9. The standard InChI is InChI=1S/C23H19N3S/c1-16-10-12-19(13-11-16)25-23(27)26-24-15-22-20-8-4-2-6-17(20)14-18-7-3-5-9-21(18)22/h2-15H,1H3,(H2,25,26,27)/b24-15-. The van der Waals surface area contributed by atoms with Crippen molar-refractivity contribution < 1.29 is 0 Å². The highest BCUT2D eigenvalue weighted by atomic mass is 32.1. The Morgan fingerprint density at radius 2 is 1.44 bits per heavy atom. The van der Waals surface area contributed by atoms with Gasteiger partial charge in [-0.2, -0.15) is 5.10 Å². The van der Waals surface area contributed by atoms with Crippen LogP contribution in [0.4, 0.5) is 5.69 Å². The molecule has 0 aliphatic rings. The number of hydrogen-bond acceptors (Lipinski definition) is 2. The molecule has 0 aromatic heterocycles. The molecule has 4 rings (SSSR count). The molecule has 0 amide bonds. The van der Waals surface area contributed by atoms with Crippen LogP contribution in [-0.4, -0.2) is 11.3 Å². The van der Waals surface area contributed by atoms with Gasteiger partial charge in [0, 0.05) is 11.3 Å². The molecule has 4 aromatic carbocycles. The van der Waals surface area contributed by atoms with Crippen LogP contribution < -0.4 is 10.7 Å². The largest absolute Gasteiger partial charge is 0.331 e. The lowest BCUT2D eigenvalue weighted by Gasteiger charge is -2.09. The lowest BCUT2D eigenvalue weighted by molar-refractivity contribution is 1.05. The zero-order valence-corrected chi connectivity index (χ0v) is 15.8. The van der Waals surface area contributed by atoms with Gasteiger partial charge in [0.25, 0.3) is 0 Å². The van der Waals surface area contributed by atoms with E-state index in [1.54, 1.807) is 0 Å². The van der Waals surface area contributed by atoms with Gasteiger partial charge in [0.05, 0.1) is 6.21 Å². The summed E-state index contributed by atoms with van der Waals surface area (Å²) in [6.07, 6.45) is 1.84. The van der Waals surface area contributed by atoms with Crippen molar-refractivity contribution in [3.05, 3.63) is 90.0 Å². The number of benzene rings is 4. The molecule has 0 fully saturated rings. The third-order valence-electron chi connectivity index (χ3n) is 4.48. The molecule has 0 spiro atoms. The van der Waals surface area contributed by atoms with Crippen LogP contribution in [0, 0.1) is 6.92 Å². The molecule has 0 aliphatic carbocycles. The Morgan fingerprint density at radius 3 is 2.07 bits per heavy atom. The van der Waals surface area contributed by atoms with Crippen molar-refractivity contribution in [1.82, 2.24) is 5.43 Å². The summed E-state index contributed by atoms with van der Waals surface area (Å²) >= 11 is 5.34. The van der Waals surface area contributed by atoms with Crippen molar-refractivity contribution in [2.24, 2.45) is 5.10 Å². The quantitative estimate of drug-likeness (QED) is 0.213. The second-order valence-electron chi connectivity index (χ2n) is 6.42. The van der Waals surface area contributed by atoms with Gasteiger partial charge in [-0.3, -0.25) is 5.43 Å². The number of nitrogens with zero attached hydrogens (tertiary/aromatic N) is 1. The molecule has 0 aliphatic heterocycles. The fraction of sp³-hybridized carbons (Fsp3) is 0.0435. The summed E-state index contributed by atoms with van der Waals surface area (Å²) in [6, 6.07) is 26.9. The summed E-state index contributed by atoms with van der Waals surface area (Å²) in [4.78, 5) is 0. The molecule has 0 radical (unpaired) electrons. The summed E-state index contributed by atoms with van der Waals surface area (Å²) in [7, 11) is 0. The van der Waals surface area contributed by atoms with E-state index in [0.717, 1.165) is 11.3 Å². The number of nitrogens with one attached hydrogen (secondary N) is 2. The molecule has 0 saturated carbocycles. The second-order valence-corrected chi connectivity index (χ2v) is 6.83. The van der Waals surface area contributed by atoms with E-state index in [1.807, 2.05) is 42.6 Å². The van der Waals surface area contributed by atoms with Crippen molar-refractivity contribution >= 4 is 50.8 Å². The average Bonchev–Trinajstić information content (AvgIpc) is 2.69. The molecule has 0 unspecified atom stereocenters. The van der Waals surface area contributed by atoms with Crippen LogP contribution >= 0.6 is 12.2 Å². The lowest BCUT2D eigenvalue weighted by Crippen LogP contribution is -2.23. The molecule has 0 atom stereocenters. The summed E-state index contributed by atoms with van der Waals surface area (Å²) in [5.41, 5.74) is 6.13. The highest BCUT2D eigenvalue weighted by molar-refractivity contribution is 7.80. The van der Waals surface area contributed by atoms with Crippen LogP contribution in [0.3, 0.4) is 0 Å². The number of aryl methyl sites for hydroxylation is 1. The molecule has 0 saturated heterocycles. The molecule has 3 nitrogen and oxygen atoms in total. The number of rotatable bonds is 3. The average molecular weight is 369 g/mol. The van der Waals surface area contributed by atoms with Crippen LogP contribution in [0.25, 0.3) is 21.5 Å². The Kier molecular flexibility index (Phi) is 4.81. The molecular weight excluding hydrogens is 350 g/mol.